The first-order chi connectivity index (χ1) is 8.61. The molecule has 4 heteroatoms. The Balaban J connectivity index is 2.66. The maximum absolute atomic E-state index is 11.2. The first kappa shape index (κ1) is 12.2. The van der Waals surface area contributed by atoms with Gasteiger partial charge in [-0.05, 0) is 41.5 Å². The molecule has 0 heterocycles. The standard InChI is InChI=1S/C14H8ClNO2/c15-11-4-5-12(14(17)18)13(7-11)10-3-1-2-9(6-10)8-16/h1-7H,(H,17,18). The average Bonchev–Trinajstić information content (AvgIpc) is 2.38. The van der Waals surface area contributed by atoms with E-state index < -0.39 is 5.97 Å². The van der Waals surface area contributed by atoms with E-state index in [1.165, 1.54) is 12.1 Å². The molecule has 88 valence electrons. The topological polar surface area (TPSA) is 61.1 Å². The largest absolute Gasteiger partial charge is 0.478 e. The van der Waals surface area contributed by atoms with Crippen LogP contribution in [0.4, 0.5) is 0 Å². The first-order valence-electron chi connectivity index (χ1n) is 5.15. The van der Waals surface area contributed by atoms with E-state index in [9.17, 15) is 4.79 Å². The zero-order valence-electron chi connectivity index (χ0n) is 9.22. The molecule has 0 saturated heterocycles. The fraction of sp³-hybridized carbons (Fsp3) is 0. The maximum Gasteiger partial charge on any atom is 0.336 e. The molecule has 3 nitrogen and oxygen atoms in total. The van der Waals surface area contributed by atoms with Crippen LogP contribution in [0.25, 0.3) is 11.1 Å². The van der Waals surface area contributed by atoms with Crippen LogP contribution in [0, 0.1) is 11.3 Å². The van der Waals surface area contributed by atoms with Crippen LogP contribution in [-0.4, -0.2) is 11.1 Å². The van der Waals surface area contributed by atoms with Crippen molar-refractivity contribution in [3.63, 3.8) is 0 Å². The fourth-order valence-corrected chi connectivity index (χ4v) is 1.87. The van der Waals surface area contributed by atoms with E-state index in [1.807, 2.05) is 6.07 Å². The van der Waals surface area contributed by atoms with Crippen LogP contribution < -0.4 is 0 Å². The number of hydrogen-bond donors (Lipinski definition) is 1. The Morgan fingerprint density at radius 2 is 2.00 bits per heavy atom. The molecule has 2 rings (SSSR count). The van der Waals surface area contributed by atoms with Gasteiger partial charge in [-0.2, -0.15) is 5.26 Å². The number of carboxylic acid groups (broad SMARTS) is 1. The monoisotopic (exact) mass is 257 g/mol. The molecule has 0 unspecified atom stereocenters. The van der Waals surface area contributed by atoms with Crippen molar-refractivity contribution < 1.29 is 9.90 Å². The van der Waals surface area contributed by atoms with E-state index in [1.54, 1.807) is 30.3 Å². The predicted octanol–water partition coefficient (Wildman–Crippen LogP) is 3.58. The Morgan fingerprint density at radius 1 is 1.22 bits per heavy atom. The molecule has 0 aliphatic carbocycles. The molecule has 0 amide bonds. The maximum atomic E-state index is 11.2. The van der Waals surface area contributed by atoms with Gasteiger partial charge in [0.25, 0.3) is 0 Å². The van der Waals surface area contributed by atoms with Crippen LogP contribution in [0.2, 0.25) is 5.02 Å². The Kier molecular flexibility index (Phi) is 3.31. The normalized spacial score (nSPS) is 9.78. The van der Waals surface area contributed by atoms with Crippen molar-refractivity contribution in [2.75, 3.05) is 0 Å². The molecule has 0 spiro atoms. The summed E-state index contributed by atoms with van der Waals surface area (Å²) in [5.41, 5.74) is 1.80. The Bertz CT molecular complexity index is 659. The lowest BCUT2D eigenvalue weighted by atomic mass is 9.98. The van der Waals surface area contributed by atoms with Gasteiger partial charge in [0.05, 0.1) is 17.2 Å². The molecule has 0 bridgehead atoms. The van der Waals surface area contributed by atoms with Gasteiger partial charge in [-0.25, -0.2) is 4.79 Å². The molecule has 0 fully saturated rings. The number of carbonyl (C=O) groups is 1. The molecule has 18 heavy (non-hydrogen) atoms. The molecule has 0 aliphatic heterocycles. The summed E-state index contributed by atoms with van der Waals surface area (Å²) >= 11 is 5.89. The van der Waals surface area contributed by atoms with Crippen molar-refractivity contribution in [1.82, 2.24) is 0 Å². The van der Waals surface area contributed by atoms with Gasteiger partial charge in [-0.1, -0.05) is 23.7 Å². The molecule has 2 aromatic rings. The highest BCUT2D eigenvalue weighted by Gasteiger charge is 2.12. The van der Waals surface area contributed by atoms with E-state index in [2.05, 4.69) is 0 Å². The van der Waals surface area contributed by atoms with Gasteiger partial charge < -0.3 is 5.11 Å². The number of nitrogens with zero attached hydrogens (tertiary/aromatic N) is 1. The van der Waals surface area contributed by atoms with Gasteiger partial charge in [0.15, 0.2) is 0 Å². The summed E-state index contributed by atoms with van der Waals surface area (Å²) in [6.07, 6.45) is 0. The highest BCUT2D eigenvalue weighted by molar-refractivity contribution is 6.31. The second-order valence-corrected chi connectivity index (χ2v) is 4.12. The van der Waals surface area contributed by atoms with Gasteiger partial charge in [-0.15, -0.1) is 0 Å². The predicted molar refractivity (Wildman–Crippen MR) is 68.6 cm³/mol. The van der Waals surface area contributed by atoms with Crippen molar-refractivity contribution in [2.24, 2.45) is 0 Å². The van der Waals surface area contributed by atoms with E-state index in [-0.39, 0.29) is 5.56 Å². The van der Waals surface area contributed by atoms with Gasteiger partial charge in [-0.3, -0.25) is 0 Å². The highest BCUT2D eigenvalue weighted by atomic mass is 35.5. The molecule has 2 aromatic carbocycles. The number of hydrogen-bond acceptors (Lipinski definition) is 2. The second-order valence-electron chi connectivity index (χ2n) is 3.69. The summed E-state index contributed by atoms with van der Waals surface area (Å²) in [5.74, 6) is -1.02. The van der Waals surface area contributed by atoms with E-state index in [4.69, 9.17) is 22.0 Å². The van der Waals surface area contributed by atoms with Crippen LogP contribution in [-0.2, 0) is 0 Å². The zero-order valence-corrected chi connectivity index (χ0v) is 9.98. The number of rotatable bonds is 2. The number of carboxylic acids is 1. The molecule has 1 N–H and O–H groups in total. The van der Waals surface area contributed by atoms with Crippen LogP contribution in [0.5, 0.6) is 0 Å². The molecule has 0 radical (unpaired) electrons. The minimum Gasteiger partial charge on any atom is -0.478 e. The molecular weight excluding hydrogens is 250 g/mol. The summed E-state index contributed by atoms with van der Waals surface area (Å²) in [5, 5.41) is 18.4. The summed E-state index contributed by atoms with van der Waals surface area (Å²) < 4.78 is 0. The third kappa shape index (κ3) is 2.34. The van der Waals surface area contributed by atoms with Crippen LogP contribution in [0.15, 0.2) is 42.5 Å². The lowest BCUT2D eigenvalue weighted by Crippen LogP contribution is -1.99. The number of benzene rings is 2. The highest BCUT2D eigenvalue weighted by Crippen LogP contribution is 2.27. The molecule has 0 saturated carbocycles. The smallest absolute Gasteiger partial charge is 0.336 e. The molecule has 0 aromatic heterocycles. The number of halogens is 1. The third-order valence-electron chi connectivity index (χ3n) is 2.51. The van der Waals surface area contributed by atoms with Crippen LogP contribution >= 0.6 is 11.6 Å². The lowest BCUT2D eigenvalue weighted by Gasteiger charge is -2.07. The number of nitriles is 1. The van der Waals surface area contributed by atoms with Gasteiger partial charge in [0.2, 0.25) is 0 Å². The van der Waals surface area contributed by atoms with E-state index in [0.717, 1.165) is 0 Å². The van der Waals surface area contributed by atoms with Crippen molar-refractivity contribution in [2.45, 2.75) is 0 Å². The van der Waals surface area contributed by atoms with E-state index in [0.29, 0.717) is 21.7 Å². The third-order valence-corrected chi connectivity index (χ3v) is 2.75. The van der Waals surface area contributed by atoms with Crippen molar-refractivity contribution in [3.05, 3.63) is 58.6 Å². The Morgan fingerprint density at radius 3 is 2.67 bits per heavy atom. The van der Waals surface area contributed by atoms with Crippen LogP contribution in [0.3, 0.4) is 0 Å². The average molecular weight is 258 g/mol. The minimum atomic E-state index is -1.02. The summed E-state index contributed by atoms with van der Waals surface area (Å²) in [6, 6.07) is 13.3. The molecular formula is C14H8ClNO2. The van der Waals surface area contributed by atoms with E-state index >= 15 is 0 Å². The van der Waals surface area contributed by atoms with Crippen molar-refractivity contribution >= 4 is 17.6 Å². The quantitative estimate of drug-likeness (QED) is 0.894. The van der Waals surface area contributed by atoms with Crippen molar-refractivity contribution in [1.29, 1.82) is 5.26 Å². The first-order valence-corrected chi connectivity index (χ1v) is 5.53. The second kappa shape index (κ2) is 4.91. The van der Waals surface area contributed by atoms with Gasteiger partial charge >= 0.3 is 5.97 Å². The lowest BCUT2D eigenvalue weighted by molar-refractivity contribution is 0.0698. The molecule has 0 aliphatic rings. The van der Waals surface area contributed by atoms with Crippen molar-refractivity contribution in [3.8, 4) is 17.2 Å². The summed E-state index contributed by atoms with van der Waals surface area (Å²) in [7, 11) is 0. The Hall–Kier alpha value is -2.31. The van der Waals surface area contributed by atoms with Gasteiger partial charge in [0.1, 0.15) is 0 Å². The minimum absolute atomic E-state index is 0.162. The zero-order chi connectivity index (χ0) is 13.1. The SMILES string of the molecule is N#Cc1cccc(-c2cc(Cl)ccc2C(=O)O)c1. The number of aromatic carboxylic acids is 1. The molecule has 0 atom stereocenters. The van der Waals surface area contributed by atoms with Gasteiger partial charge in [0, 0.05) is 5.02 Å². The summed E-state index contributed by atoms with van der Waals surface area (Å²) in [4.78, 5) is 11.2. The fourth-order valence-electron chi connectivity index (χ4n) is 1.70. The van der Waals surface area contributed by atoms with Crippen LogP contribution in [0.1, 0.15) is 15.9 Å². The summed E-state index contributed by atoms with van der Waals surface area (Å²) in [6.45, 7) is 0. The Labute approximate surface area is 109 Å².